The Kier molecular flexibility index (Phi) is 7.78. The van der Waals surface area contributed by atoms with Gasteiger partial charge in [-0.1, -0.05) is 41.9 Å². The first kappa shape index (κ1) is 28.0. The highest BCUT2D eigenvalue weighted by molar-refractivity contribution is 7.89. The van der Waals surface area contributed by atoms with Crippen molar-refractivity contribution in [3.63, 3.8) is 0 Å². The summed E-state index contributed by atoms with van der Waals surface area (Å²) in [7, 11) is -3.77. The van der Waals surface area contributed by atoms with Gasteiger partial charge in [-0.3, -0.25) is 0 Å². The van der Waals surface area contributed by atoms with Crippen LogP contribution in [0.2, 0.25) is 5.02 Å². The smallest absolute Gasteiger partial charge is 0.241 e. The van der Waals surface area contributed by atoms with E-state index in [1.54, 1.807) is 75.4 Å². The Labute approximate surface area is 241 Å². The van der Waals surface area contributed by atoms with Gasteiger partial charge in [-0.2, -0.15) is 0 Å². The van der Waals surface area contributed by atoms with Crippen LogP contribution < -0.4 is 14.8 Å². The van der Waals surface area contributed by atoms with E-state index in [0.717, 1.165) is 9.58 Å². The third-order valence-electron chi connectivity index (χ3n) is 5.67. The molecule has 0 bridgehead atoms. The Hall–Kier alpha value is -3.57. The van der Waals surface area contributed by atoms with Gasteiger partial charge in [0.2, 0.25) is 10.0 Å². The zero-order valence-electron chi connectivity index (χ0n) is 21.9. The molecule has 0 radical (unpaired) electrons. The van der Waals surface area contributed by atoms with Crippen molar-refractivity contribution >= 4 is 54.7 Å². The van der Waals surface area contributed by atoms with Crippen LogP contribution in [0.1, 0.15) is 26.3 Å². The fraction of sp³-hybridized carbons (Fsp3) is 0.172. The van der Waals surface area contributed by atoms with Crippen LogP contribution in [0.3, 0.4) is 0 Å². The summed E-state index contributed by atoms with van der Waals surface area (Å²) in [5.41, 5.74) is 2.00. The van der Waals surface area contributed by atoms with Gasteiger partial charge in [-0.15, -0.1) is 11.3 Å². The lowest BCUT2D eigenvalue weighted by Gasteiger charge is -2.21. The number of hydrogen-bond acceptors (Lipinski definition) is 7. The molecule has 0 saturated carbocycles. The highest BCUT2D eigenvalue weighted by atomic mass is 35.5. The van der Waals surface area contributed by atoms with Crippen LogP contribution in [-0.2, 0) is 16.6 Å². The maximum absolute atomic E-state index is 13.4. The average Bonchev–Trinajstić information content (AvgIpc) is 3.32. The topological polar surface area (TPSA) is 93.2 Å². The summed E-state index contributed by atoms with van der Waals surface area (Å²) in [4.78, 5) is 9.74. The molecular formula is C29H26ClFN4O3S2. The molecule has 5 aromatic rings. The number of aromatic nitrogens is 2. The normalized spacial score (nSPS) is 12.0. The Morgan fingerprint density at radius 1 is 1.00 bits per heavy atom. The van der Waals surface area contributed by atoms with Gasteiger partial charge in [-0.05, 0) is 68.8 Å². The molecule has 3 aromatic carbocycles. The summed E-state index contributed by atoms with van der Waals surface area (Å²) in [6, 6.07) is 20.2. The minimum atomic E-state index is -3.77. The first-order valence-corrected chi connectivity index (χ1v) is 15.0. The minimum Gasteiger partial charge on any atom is -0.487 e. The lowest BCUT2D eigenvalue weighted by atomic mass is 10.1. The van der Waals surface area contributed by atoms with Crippen LogP contribution >= 0.6 is 22.9 Å². The number of fused-ring (bicyclic) bond motifs is 1. The van der Waals surface area contributed by atoms with Gasteiger partial charge in [0.25, 0.3) is 0 Å². The van der Waals surface area contributed by atoms with Crippen molar-refractivity contribution in [3.8, 4) is 16.2 Å². The van der Waals surface area contributed by atoms with E-state index >= 15 is 0 Å². The number of nitrogens with zero attached hydrogens (tertiary/aromatic N) is 2. The predicted molar refractivity (Wildman–Crippen MR) is 158 cm³/mol. The number of thiophene rings is 1. The molecule has 2 N–H and O–H groups in total. The molecule has 5 rings (SSSR count). The fourth-order valence-corrected chi connectivity index (χ4v) is 7.10. The lowest BCUT2D eigenvalue weighted by Crippen LogP contribution is -2.40. The molecule has 40 heavy (non-hydrogen) atoms. The van der Waals surface area contributed by atoms with Gasteiger partial charge >= 0.3 is 0 Å². The number of anilines is 2. The SMILES string of the molecule is CC(C)(C)NS(=O)(=O)c1ccccc1-c1cc2ncnc(Nc3ccc(OCc4cccc(F)c4)c(Cl)c3)c2s1. The first-order valence-electron chi connectivity index (χ1n) is 12.3. The molecule has 2 heterocycles. The molecule has 0 aliphatic heterocycles. The highest BCUT2D eigenvalue weighted by Gasteiger charge is 2.25. The average molecular weight is 597 g/mol. The Morgan fingerprint density at radius 3 is 2.55 bits per heavy atom. The molecule has 2 aromatic heterocycles. The van der Waals surface area contributed by atoms with Gasteiger partial charge in [0.15, 0.2) is 5.82 Å². The van der Waals surface area contributed by atoms with Crippen molar-refractivity contribution in [1.29, 1.82) is 0 Å². The molecule has 0 aliphatic rings. The first-order chi connectivity index (χ1) is 19.0. The number of sulfonamides is 1. The van der Waals surface area contributed by atoms with Crippen LogP contribution in [0.4, 0.5) is 15.9 Å². The van der Waals surface area contributed by atoms with Crippen LogP contribution in [0, 0.1) is 5.82 Å². The zero-order valence-corrected chi connectivity index (χ0v) is 24.3. The summed E-state index contributed by atoms with van der Waals surface area (Å²) >= 11 is 7.86. The molecule has 0 unspecified atom stereocenters. The van der Waals surface area contributed by atoms with E-state index in [1.165, 1.54) is 29.8 Å². The predicted octanol–water partition coefficient (Wildman–Crippen LogP) is 7.55. The molecule has 0 atom stereocenters. The molecule has 7 nitrogen and oxygen atoms in total. The highest BCUT2D eigenvalue weighted by Crippen LogP contribution is 2.39. The third-order valence-corrected chi connectivity index (χ3v) is 8.95. The van der Waals surface area contributed by atoms with Gasteiger partial charge in [0.1, 0.15) is 24.5 Å². The monoisotopic (exact) mass is 596 g/mol. The molecule has 206 valence electrons. The Balaban J connectivity index is 1.41. The van der Waals surface area contributed by atoms with E-state index in [0.29, 0.717) is 38.9 Å². The van der Waals surface area contributed by atoms with Crippen LogP contribution in [0.15, 0.2) is 84.0 Å². The van der Waals surface area contributed by atoms with E-state index < -0.39 is 15.6 Å². The molecule has 0 spiro atoms. The molecule has 0 amide bonds. The van der Waals surface area contributed by atoms with Crippen molar-refractivity contribution in [3.05, 3.63) is 95.5 Å². The summed E-state index contributed by atoms with van der Waals surface area (Å²) < 4.78 is 49.1. The Bertz CT molecular complexity index is 1800. The molecule has 0 saturated heterocycles. The van der Waals surface area contributed by atoms with Gasteiger partial charge in [0, 0.05) is 21.7 Å². The van der Waals surface area contributed by atoms with E-state index in [1.807, 2.05) is 6.07 Å². The van der Waals surface area contributed by atoms with E-state index in [9.17, 15) is 12.8 Å². The number of hydrogen-bond donors (Lipinski definition) is 2. The lowest BCUT2D eigenvalue weighted by molar-refractivity contribution is 0.306. The standard InChI is InChI=1S/C29H26ClFN4O3S2/c1-29(2,3)35-40(36,37)26-10-5-4-9-21(26)25-15-23-27(39-25)28(33-17-32-23)34-20-11-12-24(22(30)14-20)38-16-18-7-6-8-19(31)13-18/h4-15,17,35H,16H2,1-3H3,(H,32,33,34). The largest absolute Gasteiger partial charge is 0.487 e. The van der Waals surface area contributed by atoms with Crippen molar-refractivity contribution < 1.29 is 17.5 Å². The van der Waals surface area contributed by atoms with Crippen LogP contribution in [0.5, 0.6) is 5.75 Å². The quantitative estimate of drug-likeness (QED) is 0.192. The van der Waals surface area contributed by atoms with Crippen LogP contribution in [-0.4, -0.2) is 23.9 Å². The second kappa shape index (κ2) is 11.1. The third kappa shape index (κ3) is 6.42. The van der Waals surface area contributed by atoms with E-state index in [2.05, 4.69) is 20.0 Å². The zero-order chi connectivity index (χ0) is 28.5. The van der Waals surface area contributed by atoms with Gasteiger partial charge in [-0.25, -0.2) is 27.5 Å². The molecular weight excluding hydrogens is 571 g/mol. The van der Waals surface area contributed by atoms with Crippen molar-refractivity contribution in [2.75, 3.05) is 5.32 Å². The fourth-order valence-electron chi connectivity index (χ4n) is 4.06. The summed E-state index contributed by atoms with van der Waals surface area (Å²) in [5, 5.41) is 3.65. The van der Waals surface area contributed by atoms with Crippen LogP contribution in [0.25, 0.3) is 20.7 Å². The second-order valence-corrected chi connectivity index (χ2v) is 13.2. The van der Waals surface area contributed by atoms with Gasteiger partial charge < -0.3 is 10.1 Å². The summed E-state index contributed by atoms with van der Waals surface area (Å²) in [6.07, 6.45) is 1.45. The Morgan fingerprint density at radius 2 is 1.80 bits per heavy atom. The van der Waals surface area contributed by atoms with Crippen molar-refractivity contribution in [2.24, 2.45) is 0 Å². The van der Waals surface area contributed by atoms with E-state index in [4.69, 9.17) is 16.3 Å². The molecule has 11 heteroatoms. The number of nitrogens with one attached hydrogen (secondary N) is 2. The molecule has 0 aliphatic carbocycles. The molecule has 0 fully saturated rings. The number of rotatable bonds is 8. The van der Waals surface area contributed by atoms with Crippen molar-refractivity contribution in [2.45, 2.75) is 37.8 Å². The van der Waals surface area contributed by atoms with Crippen molar-refractivity contribution in [1.82, 2.24) is 14.7 Å². The second-order valence-electron chi connectivity index (χ2n) is 10.1. The van der Waals surface area contributed by atoms with Gasteiger partial charge in [0.05, 0.1) is 20.1 Å². The maximum atomic E-state index is 13.4. The van der Waals surface area contributed by atoms with E-state index in [-0.39, 0.29) is 17.3 Å². The number of halogens is 2. The maximum Gasteiger partial charge on any atom is 0.241 e. The minimum absolute atomic E-state index is 0.178. The number of ether oxygens (including phenoxy) is 1. The number of benzene rings is 3. The summed E-state index contributed by atoms with van der Waals surface area (Å²) in [5.74, 6) is 0.689. The summed E-state index contributed by atoms with van der Waals surface area (Å²) in [6.45, 7) is 5.58.